The first kappa shape index (κ1) is 72.6. The number of imide groups is 2. The van der Waals surface area contributed by atoms with E-state index < -0.39 is 35.0 Å². The minimum Gasteiger partial charge on any atom is -0.508 e. The third kappa shape index (κ3) is 16.1. The maximum Gasteiger partial charge on any atom is 0.340 e. The zero-order valence-electron chi connectivity index (χ0n) is 54.4. The van der Waals surface area contributed by atoms with Crippen LogP contribution in [0.15, 0.2) is 121 Å². The zero-order chi connectivity index (χ0) is 71.3. The van der Waals surface area contributed by atoms with Gasteiger partial charge in [0, 0.05) is 140 Å². The van der Waals surface area contributed by atoms with Gasteiger partial charge in [0.15, 0.2) is 11.2 Å². The van der Waals surface area contributed by atoms with Gasteiger partial charge in [-0.3, -0.25) is 48.2 Å². The molecule has 1 saturated heterocycles. The number of carbonyl (C=O) groups is 10. The van der Waals surface area contributed by atoms with Crippen molar-refractivity contribution < 1.29 is 106 Å². The fourth-order valence-electron chi connectivity index (χ4n) is 12.2. The number of ketones is 2. The van der Waals surface area contributed by atoms with Gasteiger partial charge in [0.2, 0.25) is 23.6 Å². The molecule has 0 radical (unpaired) electrons. The van der Waals surface area contributed by atoms with Crippen molar-refractivity contribution in [3.8, 4) is 46.0 Å². The number of rotatable bonds is 29. The van der Waals surface area contributed by atoms with Gasteiger partial charge in [-0.25, -0.2) is 9.59 Å². The van der Waals surface area contributed by atoms with Gasteiger partial charge in [-0.15, -0.1) is 0 Å². The predicted octanol–water partition coefficient (Wildman–Crippen LogP) is 7.44. The van der Waals surface area contributed by atoms with Crippen molar-refractivity contribution >= 4 is 89.0 Å². The second-order valence-electron chi connectivity index (χ2n) is 23.4. The number of hydrogen-bond donors (Lipinski definition) is 7. The third-order valence-electron chi connectivity index (χ3n) is 16.9. The lowest BCUT2D eigenvalue weighted by molar-refractivity contribution is -0.140. The predicted molar refractivity (Wildman–Crippen MR) is 362 cm³/mol. The number of hydrogen-bond acceptors (Lipinski definition) is 24. The highest BCUT2D eigenvalue weighted by atomic mass is 32.2. The van der Waals surface area contributed by atoms with Gasteiger partial charge in [-0.1, -0.05) is 6.07 Å². The van der Waals surface area contributed by atoms with Crippen molar-refractivity contribution in [3.05, 3.63) is 171 Å². The number of thioether (sulfide) groups is 1. The van der Waals surface area contributed by atoms with Crippen LogP contribution in [0.2, 0.25) is 0 Å². The Morgan fingerprint density at radius 3 is 1.52 bits per heavy atom. The van der Waals surface area contributed by atoms with Crippen molar-refractivity contribution in [1.82, 2.24) is 15.1 Å². The number of Topliss-reactive ketones (excluding diaryl/α,β-unsaturated/α-hetero) is 2. The molecule has 6 aromatic carbocycles. The highest BCUT2D eigenvalue weighted by molar-refractivity contribution is 8.00. The summed E-state index contributed by atoms with van der Waals surface area (Å²) in [6, 6.07) is 28.0. The lowest BCUT2D eigenvalue weighted by atomic mass is 9.77. The number of fused-ring (bicyclic) bond motifs is 12. The van der Waals surface area contributed by atoms with Gasteiger partial charge in [0.25, 0.3) is 11.8 Å². The number of benzene rings is 6. The average Bonchev–Trinajstić information content (AvgIpc) is 1.49. The number of thiol groups is 1. The monoisotopic (exact) mass is 1410 g/mol. The molecule has 6 heterocycles. The Hall–Kier alpha value is -10.1. The number of phenolic OH excluding ortho intramolecular Hbond substituents is 4. The molecule has 0 aromatic heterocycles. The van der Waals surface area contributed by atoms with E-state index in [1.165, 1.54) is 77.3 Å². The number of amides is 6. The molecular weight excluding hydrogens is 1340 g/mol. The summed E-state index contributed by atoms with van der Waals surface area (Å²) >= 11 is 4.87. The minimum atomic E-state index is -1.45. The summed E-state index contributed by atoms with van der Waals surface area (Å²) < 4.78 is 46.1. The molecule has 1 atom stereocenters. The lowest BCUT2D eigenvalue weighted by Gasteiger charge is -2.36. The molecule has 2 spiro atoms. The van der Waals surface area contributed by atoms with Crippen LogP contribution in [0.5, 0.6) is 46.0 Å². The van der Waals surface area contributed by atoms with E-state index in [1.807, 2.05) is 0 Å². The fraction of sp³-hybridized carbons (Fsp3) is 0.333. The molecule has 28 heteroatoms. The van der Waals surface area contributed by atoms with E-state index in [4.69, 9.17) is 37.9 Å². The SMILES string of the molecule is CS.CSC1CC(=O)N(CCC(=O)CCCOCCOCCC(=O)Cc2ccc3c(c2)C2(OC3=O)c3ccc(O)cc3Oc3cc(O)ccc32)C1=O.O=C(CCN1C(=O)C=CC1=O)NCCOCCOCCC(=O)Nc1ccc2c(c1)C1(OC2=O)c2ccc(O)cc2Oc2cc(O)ccc21. The third-order valence-corrected chi connectivity index (χ3v) is 17.9. The molecule has 0 saturated carbocycles. The number of ether oxygens (including phenoxy) is 8. The number of esters is 2. The van der Waals surface area contributed by atoms with E-state index in [9.17, 15) is 68.4 Å². The molecule has 6 aromatic rings. The summed E-state index contributed by atoms with van der Waals surface area (Å²) in [6.07, 6.45) is 7.27. The molecule has 12 rings (SSSR count). The normalized spacial score (nSPS) is 15.8. The van der Waals surface area contributed by atoms with Gasteiger partial charge in [0.1, 0.15) is 57.6 Å². The van der Waals surface area contributed by atoms with Crippen LogP contribution in [-0.2, 0) is 84.4 Å². The van der Waals surface area contributed by atoms with Gasteiger partial charge in [0.05, 0.1) is 69.0 Å². The first-order valence-corrected chi connectivity index (χ1v) is 34.1. The van der Waals surface area contributed by atoms with Gasteiger partial charge in [-0.2, -0.15) is 24.4 Å². The van der Waals surface area contributed by atoms with Crippen LogP contribution >= 0.6 is 24.4 Å². The van der Waals surface area contributed by atoms with Crippen LogP contribution in [0.1, 0.15) is 105 Å². The van der Waals surface area contributed by atoms with Crippen LogP contribution in [0.25, 0.3) is 0 Å². The van der Waals surface area contributed by atoms with E-state index >= 15 is 0 Å². The Bertz CT molecular complexity index is 4090. The number of phenols is 4. The van der Waals surface area contributed by atoms with Crippen LogP contribution in [-0.4, -0.2) is 179 Å². The van der Waals surface area contributed by atoms with Crippen LogP contribution in [0.4, 0.5) is 5.69 Å². The first-order chi connectivity index (χ1) is 48.3. The molecule has 0 bridgehead atoms. The number of likely N-dealkylation sites (tertiary alicyclic amines) is 1. The van der Waals surface area contributed by atoms with Crippen molar-refractivity contribution in [2.45, 2.75) is 67.8 Å². The van der Waals surface area contributed by atoms with Gasteiger partial charge >= 0.3 is 11.9 Å². The first-order valence-electron chi connectivity index (χ1n) is 32.0. The fourth-order valence-corrected chi connectivity index (χ4v) is 12.8. The summed E-state index contributed by atoms with van der Waals surface area (Å²) in [5, 5.41) is 45.6. The number of carbonyl (C=O) groups excluding carboxylic acids is 10. The summed E-state index contributed by atoms with van der Waals surface area (Å²) in [5.74, 6) is -2.32. The Labute approximate surface area is 583 Å². The topological polar surface area (TPSA) is 356 Å². The van der Waals surface area contributed by atoms with E-state index in [0.29, 0.717) is 81.8 Å². The summed E-state index contributed by atoms with van der Waals surface area (Å²) in [5.41, 5.74) is 1.83. The largest absolute Gasteiger partial charge is 0.508 e. The van der Waals surface area contributed by atoms with E-state index in [0.717, 1.165) is 4.90 Å². The molecule has 0 aliphatic carbocycles. The minimum absolute atomic E-state index is 0.00375. The van der Waals surface area contributed by atoms with Gasteiger partial charge < -0.3 is 69.0 Å². The van der Waals surface area contributed by atoms with Crippen LogP contribution < -0.4 is 20.1 Å². The molecule has 524 valence electrons. The average molecular weight is 1410 g/mol. The second kappa shape index (κ2) is 32.7. The standard InChI is InChI=1S/C37H37NO11S.C34H31N3O11.CH4S/c1-50-33-21-34(43)38(35(33)44)12-10-23(39)3-2-13-46-15-16-47-14-11-26(42)17-22-4-7-27-30(18-22)37(49-36(27)45)28-8-5-24(40)19-31(28)48-32-20-25(41)6-9-29(32)37;38-21-2-5-24-27(18-21)47-28-19-22(39)3-6-25(28)34(24)26-17-20(1-4-23(26)33(44)48-34)36-30(41)10-13-45-15-16-46-14-11-35-29(40)9-12-37-31(42)7-8-32(37)43;1-2/h4-9,18-20,33,40-41H,2-3,10-17,21H2,1H3;1-8,17-19,38-39H,9-16H2,(H,35,40)(H,36,41);2H,1H3. The molecule has 6 aliphatic rings. The molecule has 1 fully saturated rings. The number of aromatic hydroxyl groups is 4. The Kier molecular flexibility index (Phi) is 23.8. The number of nitrogens with zero attached hydrogens (tertiary/aromatic N) is 2. The number of anilines is 1. The molecule has 26 nitrogen and oxygen atoms in total. The van der Waals surface area contributed by atoms with Crippen molar-refractivity contribution in [1.29, 1.82) is 0 Å². The highest BCUT2D eigenvalue weighted by Gasteiger charge is 2.55. The van der Waals surface area contributed by atoms with Crippen LogP contribution in [0.3, 0.4) is 0 Å². The molecule has 6 amide bonds. The molecule has 1 unspecified atom stereocenters. The quantitative estimate of drug-likeness (QED) is 0.0104. The zero-order valence-corrected chi connectivity index (χ0v) is 56.2. The molecular formula is C72H72N4O22S2. The Balaban J connectivity index is 0.000000211. The van der Waals surface area contributed by atoms with Crippen molar-refractivity contribution in [3.63, 3.8) is 0 Å². The second-order valence-corrected chi connectivity index (χ2v) is 24.4. The van der Waals surface area contributed by atoms with Crippen molar-refractivity contribution in [2.75, 3.05) is 90.3 Å². The van der Waals surface area contributed by atoms with Gasteiger partial charge in [-0.05, 0) is 103 Å². The molecule has 100 heavy (non-hydrogen) atoms. The van der Waals surface area contributed by atoms with E-state index in [-0.39, 0.29) is 184 Å². The number of nitrogens with one attached hydrogen (secondary N) is 2. The highest BCUT2D eigenvalue weighted by Crippen LogP contribution is 2.59. The Morgan fingerprint density at radius 1 is 0.520 bits per heavy atom. The van der Waals surface area contributed by atoms with Crippen LogP contribution in [0, 0.1) is 0 Å². The smallest absolute Gasteiger partial charge is 0.340 e. The van der Waals surface area contributed by atoms with E-state index in [1.54, 1.807) is 73.2 Å². The van der Waals surface area contributed by atoms with E-state index in [2.05, 4.69) is 23.3 Å². The maximum absolute atomic E-state index is 13.2. The summed E-state index contributed by atoms with van der Waals surface area (Å²) in [6.45, 7) is 2.34. The maximum atomic E-state index is 13.2. The lowest BCUT2D eigenvalue weighted by Crippen LogP contribution is -2.35. The molecule has 6 N–H and O–H groups in total. The Morgan fingerprint density at radius 2 is 1.00 bits per heavy atom. The van der Waals surface area contributed by atoms with Crippen molar-refractivity contribution in [2.24, 2.45) is 0 Å². The molecule has 6 aliphatic heterocycles. The summed E-state index contributed by atoms with van der Waals surface area (Å²) in [4.78, 5) is 125. The summed E-state index contributed by atoms with van der Waals surface area (Å²) in [7, 11) is 0.